The van der Waals surface area contributed by atoms with Crippen molar-refractivity contribution in [2.75, 3.05) is 20.3 Å². The summed E-state index contributed by atoms with van der Waals surface area (Å²) < 4.78 is 4.86. The van der Waals surface area contributed by atoms with Crippen molar-refractivity contribution in [3.8, 4) is 0 Å². The highest BCUT2D eigenvalue weighted by atomic mass is 16.7. The van der Waals surface area contributed by atoms with Crippen molar-refractivity contribution in [3.05, 3.63) is 35.4 Å². The van der Waals surface area contributed by atoms with E-state index in [2.05, 4.69) is 36.7 Å². The van der Waals surface area contributed by atoms with Crippen molar-refractivity contribution in [2.24, 2.45) is 0 Å². The standard InChI is InChI=1S/C12H19NO2/c1-3-11-4-6-12(7-5-11)10-13-15-9-8-14-2/h4-7,13H,3,8-10H2,1-2H3. The molecule has 0 bridgehead atoms. The molecule has 3 heteroatoms. The summed E-state index contributed by atoms with van der Waals surface area (Å²) in [7, 11) is 1.66. The minimum atomic E-state index is 0.573. The first-order chi connectivity index (χ1) is 7.36. The van der Waals surface area contributed by atoms with Gasteiger partial charge in [0.25, 0.3) is 0 Å². The maximum atomic E-state index is 5.16. The van der Waals surface area contributed by atoms with Gasteiger partial charge in [0.05, 0.1) is 13.2 Å². The molecule has 0 spiro atoms. The number of nitrogens with one attached hydrogen (secondary N) is 1. The monoisotopic (exact) mass is 209 g/mol. The molecule has 0 heterocycles. The van der Waals surface area contributed by atoms with Crippen molar-refractivity contribution in [2.45, 2.75) is 19.9 Å². The smallest absolute Gasteiger partial charge is 0.0916 e. The van der Waals surface area contributed by atoms with E-state index in [9.17, 15) is 0 Å². The summed E-state index contributed by atoms with van der Waals surface area (Å²) in [6, 6.07) is 8.52. The second kappa shape index (κ2) is 7.40. The Morgan fingerprint density at radius 2 is 1.73 bits per heavy atom. The van der Waals surface area contributed by atoms with Crippen LogP contribution in [-0.4, -0.2) is 20.3 Å². The molecule has 0 fully saturated rings. The number of hydrogen-bond donors (Lipinski definition) is 1. The molecule has 0 aliphatic rings. The van der Waals surface area contributed by atoms with E-state index in [1.807, 2.05) is 0 Å². The van der Waals surface area contributed by atoms with Gasteiger partial charge < -0.3 is 4.74 Å². The van der Waals surface area contributed by atoms with E-state index >= 15 is 0 Å². The zero-order valence-corrected chi connectivity index (χ0v) is 9.45. The number of hydroxylamine groups is 1. The third-order valence-electron chi connectivity index (χ3n) is 2.20. The van der Waals surface area contributed by atoms with Crippen LogP contribution in [0.5, 0.6) is 0 Å². The SMILES string of the molecule is CCc1ccc(CNOCCOC)cc1. The fraction of sp³-hybridized carbons (Fsp3) is 0.500. The maximum absolute atomic E-state index is 5.16. The predicted octanol–water partition coefficient (Wildman–Crippen LogP) is 1.92. The summed E-state index contributed by atoms with van der Waals surface area (Å²) in [6.07, 6.45) is 1.08. The lowest BCUT2D eigenvalue weighted by molar-refractivity contribution is 0.00346. The average molecular weight is 209 g/mol. The largest absolute Gasteiger partial charge is 0.382 e. The lowest BCUT2D eigenvalue weighted by Gasteiger charge is -2.05. The highest BCUT2D eigenvalue weighted by molar-refractivity contribution is 5.22. The minimum Gasteiger partial charge on any atom is -0.382 e. The van der Waals surface area contributed by atoms with E-state index in [0.717, 1.165) is 13.0 Å². The van der Waals surface area contributed by atoms with Crippen LogP contribution in [-0.2, 0) is 22.5 Å². The van der Waals surface area contributed by atoms with Crippen LogP contribution in [0, 0.1) is 0 Å². The molecule has 1 N–H and O–H groups in total. The predicted molar refractivity (Wildman–Crippen MR) is 60.5 cm³/mol. The summed E-state index contributed by atoms with van der Waals surface area (Å²) in [5.74, 6) is 0. The zero-order valence-electron chi connectivity index (χ0n) is 9.45. The van der Waals surface area contributed by atoms with Gasteiger partial charge in [0.15, 0.2) is 0 Å². The second-order valence-electron chi connectivity index (χ2n) is 3.33. The molecule has 1 rings (SSSR count). The fourth-order valence-corrected chi connectivity index (χ4v) is 1.22. The Balaban J connectivity index is 2.20. The van der Waals surface area contributed by atoms with E-state index in [1.54, 1.807) is 7.11 Å². The van der Waals surface area contributed by atoms with Crippen LogP contribution >= 0.6 is 0 Å². The van der Waals surface area contributed by atoms with Crippen LogP contribution in [0.3, 0.4) is 0 Å². The molecule has 0 atom stereocenters. The number of benzene rings is 1. The molecular formula is C12H19NO2. The van der Waals surface area contributed by atoms with E-state index < -0.39 is 0 Å². The maximum Gasteiger partial charge on any atom is 0.0916 e. The molecule has 3 nitrogen and oxygen atoms in total. The van der Waals surface area contributed by atoms with E-state index in [0.29, 0.717) is 13.2 Å². The quantitative estimate of drug-likeness (QED) is 0.549. The average Bonchev–Trinajstić information content (AvgIpc) is 2.30. The van der Waals surface area contributed by atoms with Crippen molar-refractivity contribution in [1.29, 1.82) is 0 Å². The highest BCUT2D eigenvalue weighted by Gasteiger charge is 1.93. The zero-order chi connectivity index (χ0) is 10.9. The Hall–Kier alpha value is -0.900. The lowest BCUT2D eigenvalue weighted by Crippen LogP contribution is -2.17. The molecular weight excluding hydrogens is 190 g/mol. The topological polar surface area (TPSA) is 30.5 Å². The summed E-state index contributed by atoms with van der Waals surface area (Å²) in [5.41, 5.74) is 5.48. The normalized spacial score (nSPS) is 10.5. The van der Waals surface area contributed by atoms with Gasteiger partial charge in [-0.25, -0.2) is 0 Å². The van der Waals surface area contributed by atoms with E-state index in [1.165, 1.54) is 11.1 Å². The molecule has 0 unspecified atom stereocenters. The molecule has 0 aromatic heterocycles. The summed E-state index contributed by atoms with van der Waals surface area (Å²) in [4.78, 5) is 5.16. The van der Waals surface area contributed by atoms with E-state index in [-0.39, 0.29) is 0 Å². The molecule has 0 radical (unpaired) electrons. The molecule has 0 amide bonds. The molecule has 1 aromatic carbocycles. The number of rotatable bonds is 7. The Bertz CT molecular complexity index is 259. The Morgan fingerprint density at radius 3 is 2.33 bits per heavy atom. The fourth-order valence-electron chi connectivity index (χ4n) is 1.22. The number of methoxy groups -OCH3 is 1. The van der Waals surface area contributed by atoms with Crippen LogP contribution in [0.25, 0.3) is 0 Å². The Kier molecular flexibility index (Phi) is 6.00. The third-order valence-corrected chi connectivity index (χ3v) is 2.20. The van der Waals surface area contributed by atoms with Crippen molar-refractivity contribution in [1.82, 2.24) is 5.48 Å². The van der Waals surface area contributed by atoms with Gasteiger partial charge in [-0.05, 0) is 17.5 Å². The van der Waals surface area contributed by atoms with Crippen LogP contribution in [0.4, 0.5) is 0 Å². The van der Waals surface area contributed by atoms with Crippen LogP contribution in [0.15, 0.2) is 24.3 Å². The lowest BCUT2D eigenvalue weighted by atomic mass is 10.1. The minimum absolute atomic E-state index is 0.573. The molecule has 1 aromatic rings. The van der Waals surface area contributed by atoms with Gasteiger partial charge >= 0.3 is 0 Å². The van der Waals surface area contributed by atoms with Gasteiger partial charge in [0.1, 0.15) is 0 Å². The van der Waals surface area contributed by atoms with Gasteiger partial charge in [-0.3, -0.25) is 4.84 Å². The summed E-state index contributed by atoms with van der Waals surface area (Å²) in [5, 5.41) is 0. The van der Waals surface area contributed by atoms with Gasteiger partial charge in [0, 0.05) is 13.7 Å². The van der Waals surface area contributed by atoms with Crippen molar-refractivity contribution >= 4 is 0 Å². The van der Waals surface area contributed by atoms with E-state index in [4.69, 9.17) is 9.57 Å². The van der Waals surface area contributed by atoms with Gasteiger partial charge in [0.2, 0.25) is 0 Å². The molecule has 0 aliphatic carbocycles. The molecule has 0 aliphatic heterocycles. The number of aryl methyl sites for hydroxylation is 1. The number of ether oxygens (including phenoxy) is 1. The van der Waals surface area contributed by atoms with Gasteiger partial charge in [-0.1, -0.05) is 31.2 Å². The summed E-state index contributed by atoms with van der Waals surface area (Å²) >= 11 is 0. The molecule has 0 saturated carbocycles. The third kappa shape index (κ3) is 4.93. The van der Waals surface area contributed by atoms with Crippen LogP contribution in [0.1, 0.15) is 18.1 Å². The van der Waals surface area contributed by atoms with Gasteiger partial charge in [-0.2, -0.15) is 5.48 Å². The van der Waals surface area contributed by atoms with Gasteiger partial charge in [-0.15, -0.1) is 0 Å². The molecule has 0 saturated heterocycles. The molecule has 15 heavy (non-hydrogen) atoms. The van der Waals surface area contributed by atoms with Crippen LogP contribution in [0.2, 0.25) is 0 Å². The summed E-state index contributed by atoms with van der Waals surface area (Å²) in [6.45, 7) is 4.07. The highest BCUT2D eigenvalue weighted by Crippen LogP contribution is 2.04. The first-order valence-electron chi connectivity index (χ1n) is 5.28. The number of hydrogen-bond acceptors (Lipinski definition) is 3. The first-order valence-corrected chi connectivity index (χ1v) is 5.28. The van der Waals surface area contributed by atoms with Crippen molar-refractivity contribution in [3.63, 3.8) is 0 Å². The van der Waals surface area contributed by atoms with Crippen LogP contribution < -0.4 is 5.48 Å². The molecule has 84 valence electrons. The van der Waals surface area contributed by atoms with Crippen molar-refractivity contribution < 1.29 is 9.57 Å². The first kappa shape index (κ1) is 12.2. The Morgan fingerprint density at radius 1 is 1.07 bits per heavy atom. The second-order valence-corrected chi connectivity index (χ2v) is 3.33. The Labute approximate surface area is 91.4 Å².